The molecule has 0 bridgehead atoms. The zero-order chi connectivity index (χ0) is 12.5. The first-order valence-electron chi connectivity index (χ1n) is 5.64. The lowest BCUT2D eigenvalue weighted by atomic mass is 10.1. The van der Waals surface area contributed by atoms with Crippen LogP contribution in [-0.2, 0) is 11.3 Å². The van der Waals surface area contributed by atoms with Gasteiger partial charge in [0.1, 0.15) is 11.3 Å². The largest absolute Gasteiger partial charge is 0.478 e. The molecule has 0 unspecified atom stereocenters. The number of hydrogen-bond donors (Lipinski definition) is 1. The number of carboxylic acids is 1. The van der Waals surface area contributed by atoms with E-state index >= 15 is 0 Å². The van der Waals surface area contributed by atoms with Crippen molar-refractivity contribution < 1.29 is 19.1 Å². The van der Waals surface area contributed by atoms with Crippen LogP contribution in [0.25, 0.3) is 0 Å². The summed E-state index contributed by atoms with van der Waals surface area (Å²) < 4.78 is 10.8. The number of aromatic carboxylic acids is 1. The lowest BCUT2D eigenvalue weighted by Crippen LogP contribution is -2.47. The highest BCUT2D eigenvalue weighted by atomic mass is 16.5. The highest BCUT2D eigenvalue weighted by Crippen LogP contribution is 2.20. The summed E-state index contributed by atoms with van der Waals surface area (Å²) in [6, 6.07) is 1.49. The highest BCUT2D eigenvalue weighted by Gasteiger charge is 2.28. The van der Waals surface area contributed by atoms with E-state index in [0.29, 0.717) is 18.9 Å². The number of nitrogens with zero attached hydrogens (tertiary/aromatic N) is 1. The first-order valence-corrected chi connectivity index (χ1v) is 5.64. The maximum Gasteiger partial charge on any atom is 0.339 e. The summed E-state index contributed by atoms with van der Waals surface area (Å²) in [7, 11) is 0. The van der Waals surface area contributed by atoms with Gasteiger partial charge in [0, 0.05) is 13.1 Å². The second-order valence-corrected chi connectivity index (χ2v) is 4.88. The third kappa shape index (κ3) is 2.87. The topological polar surface area (TPSA) is 62.9 Å². The zero-order valence-electron chi connectivity index (χ0n) is 10.1. The predicted molar refractivity (Wildman–Crippen MR) is 61.0 cm³/mol. The summed E-state index contributed by atoms with van der Waals surface area (Å²) in [5.41, 5.74) is 0.0584. The van der Waals surface area contributed by atoms with Gasteiger partial charge in [0.25, 0.3) is 0 Å². The molecular weight excluding hydrogens is 222 g/mol. The Balaban J connectivity index is 2.05. The average molecular weight is 239 g/mol. The normalized spacial score (nSPS) is 20.4. The van der Waals surface area contributed by atoms with Gasteiger partial charge in [-0.25, -0.2) is 4.79 Å². The highest BCUT2D eigenvalue weighted by molar-refractivity contribution is 5.88. The molecule has 2 heterocycles. The van der Waals surface area contributed by atoms with Gasteiger partial charge in [-0.15, -0.1) is 0 Å². The molecule has 5 nitrogen and oxygen atoms in total. The number of ether oxygens (including phenoxy) is 1. The molecule has 0 amide bonds. The quantitative estimate of drug-likeness (QED) is 0.867. The van der Waals surface area contributed by atoms with Gasteiger partial charge in [0.05, 0.1) is 25.0 Å². The van der Waals surface area contributed by atoms with Gasteiger partial charge in [0.15, 0.2) is 0 Å². The van der Waals surface area contributed by atoms with Crippen molar-refractivity contribution >= 4 is 5.97 Å². The molecule has 1 aromatic heterocycles. The van der Waals surface area contributed by atoms with E-state index in [1.165, 1.54) is 12.3 Å². The molecule has 0 aromatic carbocycles. The van der Waals surface area contributed by atoms with E-state index in [4.69, 9.17) is 14.3 Å². The number of rotatable bonds is 3. The van der Waals surface area contributed by atoms with E-state index in [2.05, 4.69) is 4.90 Å². The van der Waals surface area contributed by atoms with Crippen molar-refractivity contribution in [2.45, 2.75) is 26.0 Å². The van der Waals surface area contributed by atoms with Crippen LogP contribution in [0.15, 0.2) is 16.7 Å². The van der Waals surface area contributed by atoms with E-state index in [1.54, 1.807) is 0 Å². The molecule has 94 valence electrons. The predicted octanol–water partition coefficient (Wildman–Crippen LogP) is 1.59. The standard InChI is InChI=1S/C12H17NO4/c1-12(2)8-13(4-6-17-12)7-10-9(11(14)15)3-5-16-10/h3,5H,4,6-8H2,1-2H3,(H,14,15). The van der Waals surface area contributed by atoms with Crippen LogP contribution >= 0.6 is 0 Å². The molecule has 1 fully saturated rings. The molecule has 0 saturated carbocycles. The fourth-order valence-corrected chi connectivity index (χ4v) is 2.11. The van der Waals surface area contributed by atoms with Gasteiger partial charge < -0.3 is 14.3 Å². The molecule has 0 spiro atoms. The fraction of sp³-hybridized carbons (Fsp3) is 0.583. The van der Waals surface area contributed by atoms with Gasteiger partial charge >= 0.3 is 5.97 Å². The second-order valence-electron chi connectivity index (χ2n) is 4.88. The minimum atomic E-state index is -0.943. The SMILES string of the molecule is CC1(C)CN(Cc2occc2C(=O)O)CCO1. The summed E-state index contributed by atoms with van der Waals surface area (Å²) in [5, 5.41) is 8.98. The van der Waals surface area contributed by atoms with Gasteiger partial charge in [0.2, 0.25) is 0 Å². The summed E-state index contributed by atoms with van der Waals surface area (Å²) in [6.07, 6.45) is 1.42. The summed E-state index contributed by atoms with van der Waals surface area (Å²) >= 11 is 0. The van der Waals surface area contributed by atoms with Crippen molar-refractivity contribution in [1.82, 2.24) is 4.90 Å². The fourth-order valence-electron chi connectivity index (χ4n) is 2.11. The van der Waals surface area contributed by atoms with Crippen molar-refractivity contribution in [3.05, 3.63) is 23.7 Å². The van der Waals surface area contributed by atoms with Crippen LogP contribution in [0.2, 0.25) is 0 Å². The van der Waals surface area contributed by atoms with Crippen LogP contribution in [-0.4, -0.2) is 41.3 Å². The number of morpholine rings is 1. The van der Waals surface area contributed by atoms with Gasteiger partial charge in [-0.3, -0.25) is 4.90 Å². The molecule has 0 aliphatic carbocycles. The molecule has 5 heteroatoms. The molecule has 0 radical (unpaired) electrons. The van der Waals surface area contributed by atoms with E-state index in [-0.39, 0.29) is 11.2 Å². The van der Waals surface area contributed by atoms with Gasteiger partial charge in [-0.1, -0.05) is 0 Å². The second kappa shape index (κ2) is 4.50. The number of carboxylic acid groups (broad SMARTS) is 1. The lowest BCUT2D eigenvalue weighted by Gasteiger charge is -2.37. The van der Waals surface area contributed by atoms with Crippen molar-refractivity contribution in [2.75, 3.05) is 19.7 Å². The molecule has 1 aromatic rings. The first-order chi connectivity index (χ1) is 7.98. The molecule has 1 saturated heterocycles. The van der Waals surface area contributed by atoms with Crippen molar-refractivity contribution in [3.63, 3.8) is 0 Å². The summed E-state index contributed by atoms with van der Waals surface area (Å²) in [4.78, 5) is 13.1. The molecule has 1 N–H and O–H groups in total. The maximum absolute atomic E-state index is 10.9. The minimum absolute atomic E-state index is 0.186. The third-order valence-corrected chi connectivity index (χ3v) is 2.85. The molecular formula is C12H17NO4. The van der Waals surface area contributed by atoms with Crippen molar-refractivity contribution in [2.24, 2.45) is 0 Å². The van der Waals surface area contributed by atoms with Crippen LogP contribution in [0.5, 0.6) is 0 Å². The molecule has 17 heavy (non-hydrogen) atoms. The van der Waals surface area contributed by atoms with Crippen LogP contribution < -0.4 is 0 Å². The molecule has 1 aliphatic rings. The minimum Gasteiger partial charge on any atom is -0.478 e. The smallest absolute Gasteiger partial charge is 0.339 e. The molecule has 0 atom stereocenters. The Morgan fingerprint density at radius 1 is 1.59 bits per heavy atom. The average Bonchev–Trinajstić information content (AvgIpc) is 2.64. The Morgan fingerprint density at radius 2 is 2.35 bits per heavy atom. The monoisotopic (exact) mass is 239 g/mol. The van der Waals surface area contributed by atoms with E-state index < -0.39 is 5.97 Å². The first kappa shape index (κ1) is 12.1. The number of furan rings is 1. The van der Waals surface area contributed by atoms with Crippen LogP contribution in [0.3, 0.4) is 0 Å². The van der Waals surface area contributed by atoms with E-state index in [1.807, 2.05) is 13.8 Å². The Kier molecular flexibility index (Phi) is 3.22. The Bertz CT molecular complexity index is 410. The lowest BCUT2D eigenvalue weighted by molar-refractivity contribution is -0.0894. The van der Waals surface area contributed by atoms with E-state index in [9.17, 15) is 4.79 Å². The van der Waals surface area contributed by atoms with Crippen LogP contribution in [0.1, 0.15) is 30.0 Å². The maximum atomic E-state index is 10.9. The van der Waals surface area contributed by atoms with Gasteiger partial charge in [-0.05, 0) is 19.9 Å². The Hall–Kier alpha value is -1.33. The number of hydrogen-bond acceptors (Lipinski definition) is 4. The number of carbonyl (C=O) groups is 1. The summed E-state index contributed by atoms with van der Waals surface area (Å²) in [5.74, 6) is -0.434. The van der Waals surface area contributed by atoms with Gasteiger partial charge in [-0.2, -0.15) is 0 Å². The summed E-state index contributed by atoms with van der Waals surface area (Å²) in [6.45, 7) is 6.80. The van der Waals surface area contributed by atoms with Crippen molar-refractivity contribution in [1.29, 1.82) is 0 Å². The Morgan fingerprint density at radius 3 is 3.00 bits per heavy atom. The molecule has 1 aliphatic heterocycles. The Labute approximate surface area is 100.0 Å². The van der Waals surface area contributed by atoms with Crippen LogP contribution in [0.4, 0.5) is 0 Å². The zero-order valence-corrected chi connectivity index (χ0v) is 10.1. The van der Waals surface area contributed by atoms with E-state index in [0.717, 1.165) is 13.1 Å². The third-order valence-electron chi connectivity index (χ3n) is 2.85. The van der Waals surface area contributed by atoms with Crippen LogP contribution in [0, 0.1) is 0 Å². The molecule has 2 rings (SSSR count). The van der Waals surface area contributed by atoms with Crippen molar-refractivity contribution in [3.8, 4) is 0 Å².